The summed E-state index contributed by atoms with van der Waals surface area (Å²) in [7, 11) is 1.52. The van der Waals surface area contributed by atoms with E-state index in [0.717, 1.165) is 35.5 Å². The number of nitrogens with one attached hydrogen (secondary N) is 1. The number of hydrogen-bond donors (Lipinski definition) is 1. The Morgan fingerprint density at radius 3 is 2.59 bits per heavy atom. The Labute approximate surface area is 204 Å². The van der Waals surface area contributed by atoms with Crippen molar-refractivity contribution in [2.24, 2.45) is 0 Å². The molecule has 1 aliphatic rings. The van der Waals surface area contributed by atoms with Crippen LogP contribution in [0.2, 0.25) is 15.2 Å². The summed E-state index contributed by atoms with van der Waals surface area (Å²) >= 11 is 19.9. The summed E-state index contributed by atoms with van der Waals surface area (Å²) in [6.45, 7) is 3.95. The van der Waals surface area contributed by atoms with Crippen LogP contribution in [0.15, 0.2) is 24.5 Å². The molecule has 168 valence electrons. The standard InChI is InChI=1S/C21H20Cl3N5O2S/c1-11-4-3-5-29(11)10-16-18(12-6-13(22)19(31-2)14(23)7-12)27-21(32-16)28-20(30)15-8-26-17(24)9-25-15/h6-9,11H,3-5,10H2,1-2H3,(H,27,28,30)/t11-/m1/s1. The molecule has 1 aromatic carbocycles. The number of carbonyl (C=O) groups excluding carboxylic acids is 1. The Bertz CT molecular complexity index is 1120. The molecule has 11 heteroatoms. The Hall–Kier alpha value is -1.97. The van der Waals surface area contributed by atoms with Crippen LogP contribution in [0.25, 0.3) is 11.3 Å². The monoisotopic (exact) mass is 511 g/mol. The zero-order valence-corrected chi connectivity index (χ0v) is 20.4. The fourth-order valence-electron chi connectivity index (χ4n) is 3.63. The van der Waals surface area contributed by atoms with Crippen molar-refractivity contribution in [3.8, 4) is 17.0 Å². The van der Waals surface area contributed by atoms with Crippen molar-refractivity contribution in [1.82, 2.24) is 19.9 Å². The number of carbonyl (C=O) groups is 1. The Morgan fingerprint density at radius 1 is 1.25 bits per heavy atom. The summed E-state index contributed by atoms with van der Waals surface area (Å²) in [5.74, 6) is -0.00165. The highest BCUT2D eigenvalue weighted by atomic mass is 35.5. The highest BCUT2D eigenvalue weighted by Gasteiger charge is 2.25. The second-order valence-electron chi connectivity index (χ2n) is 7.40. The van der Waals surface area contributed by atoms with Crippen LogP contribution in [0.1, 0.15) is 35.1 Å². The van der Waals surface area contributed by atoms with Gasteiger partial charge in [-0.05, 0) is 38.4 Å². The van der Waals surface area contributed by atoms with Crippen molar-refractivity contribution in [3.05, 3.63) is 50.3 Å². The molecule has 0 unspecified atom stereocenters. The smallest absolute Gasteiger partial charge is 0.277 e. The number of hydrogen-bond acceptors (Lipinski definition) is 7. The van der Waals surface area contributed by atoms with Crippen molar-refractivity contribution in [1.29, 1.82) is 0 Å². The van der Waals surface area contributed by atoms with E-state index >= 15 is 0 Å². The van der Waals surface area contributed by atoms with Gasteiger partial charge in [-0.2, -0.15) is 0 Å². The van der Waals surface area contributed by atoms with Crippen LogP contribution in [0, 0.1) is 0 Å². The van der Waals surface area contributed by atoms with Crippen LogP contribution in [-0.4, -0.2) is 45.5 Å². The molecular formula is C21H20Cl3N5O2S. The molecule has 1 amide bonds. The summed E-state index contributed by atoms with van der Waals surface area (Å²) in [6.07, 6.45) is 4.97. The fraction of sp³-hybridized carbons (Fsp3) is 0.333. The first-order valence-electron chi connectivity index (χ1n) is 9.91. The van der Waals surface area contributed by atoms with Crippen molar-refractivity contribution >= 4 is 57.2 Å². The van der Waals surface area contributed by atoms with Crippen LogP contribution < -0.4 is 10.1 Å². The number of aromatic nitrogens is 3. The Balaban J connectivity index is 1.68. The van der Waals surface area contributed by atoms with Crippen molar-refractivity contribution in [3.63, 3.8) is 0 Å². The van der Waals surface area contributed by atoms with Crippen LogP contribution in [0.3, 0.4) is 0 Å². The van der Waals surface area contributed by atoms with Gasteiger partial charge in [0.05, 0.1) is 35.2 Å². The molecule has 0 radical (unpaired) electrons. The molecule has 1 saturated heterocycles. The van der Waals surface area contributed by atoms with Gasteiger partial charge in [0.2, 0.25) is 0 Å². The molecule has 7 nitrogen and oxygen atoms in total. The minimum atomic E-state index is -0.415. The maximum Gasteiger partial charge on any atom is 0.277 e. The fourth-order valence-corrected chi connectivity index (χ4v) is 5.38. The number of halogens is 3. The van der Waals surface area contributed by atoms with Crippen LogP contribution in [0.4, 0.5) is 5.13 Å². The predicted molar refractivity (Wildman–Crippen MR) is 128 cm³/mol. The van der Waals surface area contributed by atoms with Crippen molar-refractivity contribution < 1.29 is 9.53 Å². The summed E-state index contributed by atoms with van der Waals surface area (Å²) in [5.41, 5.74) is 1.63. The highest BCUT2D eigenvalue weighted by Crippen LogP contribution is 2.40. The van der Waals surface area contributed by atoms with E-state index in [1.807, 2.05) is 0 Å². The number of likely N-dealkylation sites (tertiary alicyclic amines) is 1. The van der Waals surface area contributed by atoms with Crippen molar-refractivity contribution in [2.45, 2.75) is 32.4 Å². The summed E-state index contributed by atoms with van der Waals surface area (Å²) < 4.78 is 5.26. The number of rotatable bonds is 6. The Kier molecular flexibility index (Phi) is 7.17. The summed E-state index contributed by atoms with van der Waals surface area (Å²) in [4.78, 5) is 28.6. The molecule has 1 atom stereocenters. The third-order valence-corrected chi connectivity index (χ3v) is 7.00. The third kappa shape index (κ3) is 5.00. The zero-order chi connectivity index (χ0) is 22.8. The second kappa shape index (κ2) is 9.89. The number of thiazole rings is 1. The number of amides is 1. The molecule has 4 rings (SSSR count). The molecule has 0 saturated carbocycles. The first kappa shape index (κ1) is 23.2. The average molecular weight is 513 g/mol. The van der Waals surface area contributed by atoms with Crippen LogP contribution >= 0.6 is 46.1 Å². The molecule has 1 fully saturated rings. The lowest BCUT2D eigenvalue weighted by atomic mass is 10.1. The Morgan fingerprint density at radius 2 is 2.00 bits per heavy atom. The first-order valence-corrected chi connectivity index (χ1v) is 11.9. The lowest BCUT2D eigenvalue weighted by Gasteiger charge is -2.20. The van der Waals surface area contributed by atoms with Gasteiger partial charge in [-0.1, -0.05) is 46.1 Å². The molecular weight excluding hydrogens is 493 g/mol. The number of anilines is 1. The van der Waals surface area contributed by atoms with Gasteiger partial charge < -0.3 is 4.74 Å². The first-order chi connectivity index (χ1) is 15.4. The minimum absolute atomic E-state index is 0.149. The van der Waals surface area contributed by atoms with Gasteiger partial charge in [-0.25, -0.2) is 15.0 Å². The number of benzene rings is 1. The number of methoxy groups -OCH3 is 1. The van der Waals surface area contributed by atoms with Crippen LogP contribution in [0.5, 0.6) is 5.75 Å². The van der Waals surface area contributed by atoms with E-state index in [1.165, 1.54) is 30.8 Å². The number of nitrogens with zero attached hydrogens (tertiary/aromatic N) is 4. The van der Waals surface area contributed by atoms with Gasteiger partial charge >= 0.3 is 0 Å². The summed E-state index contributed by atoms with van der Waals surface area (Å²) in [5, 5.41) is 4.26. The highest BCUT2D eigenvalue weighted by molar-refractivity contribution is 7.16. The molecule has 3 heterocycles. The maximum atomic E-state index is 12.6. The van der Waals surface area contributed by atoms with Gasteiger partial charge in [-0.15, -0.1) is 0 Å². The molecule has 1 N–H and O–H groups in total. The molecule has 0 spiro atoms. The van der Waals surface area contributed by atoms with Gasteiger partial charge in [-0.3, -0.25) is 15.0 Å². The molecule has 32 heavy (non-hydrogen) atoms. The van der Waals surface area contributed by atoms with Gasteiger partial charge in [0, 0.05) is 23.0 Å². The normalized spacial score (nSPS) is 16.3. The zero-order valence-electron chi connectivity index (χ0n) is 17.4. The molecule has 1 aliphatic heterocycles. The molecule has 3 aromatic rings. The maximum absolute atomic E-state index is 12.6. The van der Waals surface area contributed by atoms with E-state index in [2.05, 4.69) is 27.1 Å². The lowest BCUT2D eigenvalue weighted by Crippen LogP contribution is -2.25. The minimum Gasteiger partial charge on any atom is -0.494 e. The third-order valence-electron chi connectivity index (χ3n) is 5.28. The largest absolute Gasteiger partial charge is 0.494 e. The molecule has 2 aromatic heterocycles. The van der Waals surface area contributed by atoms with E-state index in [9.17, 15) is 4.79 Å². The van der Waals surface area contributed by atoms with Gasteiger partial charge in [0.15, 0.2) is 10.9 Å². The van der Waals surface area contributed by atoms with E-state index in [0.29, 0.717) is 33.5 Å². The van der Waals surface area contributed by atoms with E-state index < -0.39 is 5.91 Å². The lowest BCUT2D eigenvalue weighted by molar-refractivity contribution is 0.102. The predicted octanol–water partition coefficient (Wildman–Crippen LogP) is 5.81. The van der Waals surface area contributed by atoms with E-state index in [-0.39, 0.29) is 10.8 Å². The quantitative estimate of drug-likeness (QED) is 0.449. The second-order valence-corrected chi connectivity index (χ2v) is 9.69. The molecule has 0 aliphatic carbocycles. The summed E-state index contributed by atoms with van der Waals surface area (Å²) in [6, 6.07) is 4.03. The van der Waals surface area contributed by atoms with Gasteiger partial charge in [0.1, 0.15) is 10.8 Å². The van der Waals surface area contributed by atoms with E-state index in [4.69, 9.17) is 44.5 Å². The number of ether oxygens (including phenoxy) is 1. The van der Waals surface area contributed by atoms with Crippen LogP contribution in [-0.2, 0) is 6.54 Å². The van der Waals surface area contributed by atoms with Gasteiger partial charge in [0.25, 0.3) is 5.91 Å². The average Bonchev–Trinajstić information content (AvgIpc) is 3.34. The molecule has 0 bridgehead atoms. The topological polar surface area (TPSA) is 80.2 Å². The van der Waals surface area contributed by atoms with E-state index in [1.54, 1.807) is 12.1 Å². The van der Waals surface area contributed by atoms with Crippen molar-refractivity contribution in [2.75, 3.05) is 19.0 Å². The SMILES string of the molecule is COc1c(Cl)cc(-c2nc(NC(=O)c3cnc(Cl)cn3)sc2CN2CCC[C@H]2C)cc1Cl.